The van der Waals surface area contributed by atoms with E-state index < -0.39 is 0 Å². The number of aromatic nitrogens is 1. The Morgan fingerprint density at radius 1 is 1.29 bits per heavy atom. The smallest absolute Gasteiger partial charge is 0.0991 e. The molecule has 2 rings (SSSR count). The SMILES string of the molecule is N#Cc1cccc(CNc2cncc(Br)c2)c1. The van der Waals surface area contributed by atoms with Gasteiger partial charge in [0.05, 0.1) is 23.5 Å². The third-order valence-corrected chi connectivity index (χ3v) is 2.69. The second-order valence-electron chi connectivity index (χ2n) is 3.56. The van der Waals surface area contributed by atoms with Gasteiger partial charge >= 0.3 is 0 Å². The Labute approximate surface area is 108 Å². The number of benzene rings is 1. The van der Waals surface area contributed by atoms with Crippen LogP contribution in [0.2, 0.25) is 0 Å². The van der Waals surface area contributed by atoms with Gasteiger partial charge in [0.25, 0.3) is 0 Å². The van der Waals surface area contributed by atoms with Gasteiger partial charge in [-0.1, -0.05) is 12.1 Å². The van der Waals surface area contributed by atoms with Crippen LogP contribution in [0, 0.1) is 11.3 Å². The van der Waals surface area contributed by atoms with Crippen LogP contribution >= 0.6 is 15.9 Å². The number of rotatable bonds is 3. The molecule has 2 aromatic rings. The van der Waals surface area contributed by atoms with Gasteiger partial charge in [-0.3, -0.25) is 4.98 Å². The molecule has 0 aliphatic rings. The summed E-state index contributed by atoms with van der Waals surface area (Å²) in [7, 11) is 0. The molecule has 0 bridgehead atoms. The molecular formula is C13H10BrN3. The molecule has 0 saturated heterocycles. The van der Waals surface area contributed by atoms with Crippen molar-refractivity contribution >= 4 is 21.6 Å². The molecule has 0 unspecified atom stereocenters. The molecule has 84 valence electrons. The molecular weight excluding hydrogens is 278 g/mol. The zero-order valence-electron chi connectivity index (χ0n) is 9.02. The largest absolute Gasteiger partial charge is 0.380 e. The maximum absolute atomic E-state index is 8.80. The molecule has 0 fully saturated rings. The molecule has 1 aromatic heterocycles. The van der Waals surface area contributed by atoms with E-state index >= 15 is 0 Å². The van der Waals surface area contributed by atoms with E-state index in [0.29, 0.717) is 12.1 Å². The molecule has 0 aliphatic carbocycles. The summed E-state index contributed by atoms with van der Waals surface area (Å²) < 4.78 is 0.938. The predicted octanol–water partition coefficient (Wildman–Crippen LogP) is 3.33. The van der Waals surface area contributed by atoms with E-state index in [4.69, 9.17) is 5.26 Å². The van der Waals surface area contributed by atoms with Crippen molar-refractivity contribution in [1.82, 2.24) is 4.98 Å². The Hall–Kier alpha value is -1.86. The van der Waals surface area contributed by atoms with Crippen LogP contribution < -0.4 is 5.32 Å². The topological polar surface area (TPSA) is 48.7 Å². The lowest BCUT2D eigenvalue weighted by Gasteiger charge is -2.06. The Morgan fingerprint density at radius 3 is 2.94 bits per heavy atom. The zero-order valence-corrected chi connectivity index (χ0v) is 10.6. The van der Waals surface area contributed by atoms with Crippen LogP contribution in [0.1, 0.15) is 11.1 Å². The molecule has 4 heteroatoms. The van der Waals surface area contributed by atoms with E-state index in [2.05, 4.69) is 32.3 Å². The summed E-state index contributed by atoms with van der Waals surface area (Å²) in [6.45, 7) is 0.674. The number of hydrogen-bond acceptors (Lipinski definition) is 3. The summed E-state index contributed by atoms with van der Waals surface area (Å²) in [4.78, 5) is 4.07. The highest BCUT2D eigenvalue weighted by Gasteiger charge is 1.97. The molecule has 1 aromatic carbocycles. The van der Waals surface area contributed by atoms with Gasteiger partial charge in [0, 0.05) is 17.2 Å². The van der Waals surface area contributed by atoms with Crippen molar-refractivity contribution in [1.29, 1.82) is 5.26 Å². The van der Waals surface area contributed by atoms with Crippen LogP contribution in [0.15, 0.2) is 47.2 Å². The predicted molar refractivity (Wildman–Crippen MR) is 70.4 cm³/mol. The van der Waals surface area contributed by atoms with Crippen molar-refractivity contribution in [2.45, 2.75) is 6.54 Å². The molecule has 3 nitrogen and oxygen atoms in total. The van der Waals surface area contributed by atoms with Crippen molar-refractivity contribution < 1.29 is 0 Å². The molecule has 17 heavy (non-hydrogen) atoms. The quantitative estimate of drug-likeness (QED) is 0.942. The van der Waals surface area contributed by atoms with Crippen LogP contribution in [0.4, 0.5) is 5.69 Å². The van der Waals surface area contributed by atoms with Crippen molar-refractivity contribution in [3.8, 4) is 6.07 Å². The van der Waals surface area contributed by atoms with E-state index in [1.54, 1.807) is 18.5 Å². The fourth-order valence-corrected chi connectivity index (χ4v) is 1.83. The molecule has 1 N–H and O–H groups in total. The number of halogens is 1. The number of nitrogens with zero attached hydrogens (tertiary/aromatic N) is 2. The van der Waals surface area contributed by atoms with Gasteiger partial charge in [-0.05, 0) is 39.7 Å². The Kier molecular flexibility index (Phi) is 3.73. The van der Waals surface area contributed by atoms with Crippen molar-refractivity contribution in [2.75, 3.05) is 5.32 Å². The lowest BCUT2D eigenvalue weighted by molar-refractivity contribution is 1.13. The van der Waals surface area contributed by atoms with Gasteiger partial charge in [-0.15, -0.1) is 0 Å². The summed E-state index contributed by atoms with van der Waals surface area (Å²) in [5, 5.41) is 12.0. The Bertz CT molecular complexity index is 561. The molecule has 0 spiro atoms. The number of anilines is 1. The first kappa shape index (κ1) is 11.6. The highest BCUT2D eigenvalue weighted by atomic mass is 79.9. The van der Waals surface area contributed by atoms with Gasteiger partial charge in [0.15, 0.2) is 0 Å². The van der Waals surface area contributed by atoms with Crippen LogP contribution in [0.25, 0.3) is 0 Å². The van der Waals surface area contributed by atoms with Gasteiger partial charge in [0.2, 0.25) is 0 Å². The minimum atomic E-state index is 0.674. The van der Waals surface area contributed by atoms with Crippen molar-refractivity contribution in [3.63, 3.8) is 0 Å². The third-order valence-electron chi connectivity index (χ3n) is 2.26. The van der Waals surface area contributed by atoms with E-state index in [1.807, 2.05) is 24.3 Å². The lowest BCUT2D eigenvalue weighted by atomic mass is 10.1. The lowest BCUT2D eigenvalue weighted by Crippen LogP contribution is -1.99. The van der Waals surface area contributed by atoms with Gasteiger partial charge in [0.1, 0.15) is 0 Å². The molecule has 0 atom stereocenters. The summed E-state index contributed by atoms with van der Waals surface area (Å²) in [5.74, 6) is 0. The molecule has 0 saturated carbocycles. The highest BCUT2D eigenvalue weighted by Crippen LogP contribution is 2.14. The summed E-state index contributed by atoms with van der Waals surface area (Å²) >= 11 is 3.37. The molecule has 0 aliphatic heterocycles. The summed E-state index contributed by atoms with van der Waals surface area (Å²) in [6.07, 6.45) is 3.50. The Morgan fingerprint density at radius 2 is 2.18 bits per heavy atom. The minimum absolute atomic E-state index is 0.674. The van der Waals surface area contributed by atoms with E-state index in [0.717, 1.165) is 15.7 Å². The van der Waals surface area contributed by atoms with Gasteiger partial charge in [-0.2, -0.15) is 5.26 Å². The molecule has 0 amide bonds. The minimum Gasteiger partial charge on any atom is -0.380 e. The summed E-state index contributed by atoms with van der Waals surface area (Å²) in [5.41, 5.74) is 2.70. The Balaban J connectivity index is 2.05. The van der Waals surface area contributed by atoms with E-state index in [9.17, 15) is 0 Å². The molecule has 0 radical (unpaired) electrons. The highest BCUT2D eigenvalue weighted by molar-refractivity contribution is 9.10. The maximum Gasteiger partial charge on any atom is 0.0991 e. The van der Waals surface area contributed by atoms with Crippen LogP contribution in [-0.2, 0) is 6.54 Å². The molecule has 1 heterocycles. The van der Waals surface area contributed by atoms with Gasteiger partial charge < -0.3 is 5.32 Å². The second kappa shape index (κ2) is 5.46. The van der Waals surface area contributed by atoms with Gasteiger partial charge in [-0.25, -0.2) is 0 Å². The van der Waals surface area contributed by atoms with Crippen molar-refractivity contribution in [2.24, 2.45) is 0 Å². The average Bonchev–Trinajstić information content (AvgIpc) is 2.37. The monoisotopic (exact) mass is 287 g/mol. The van der Waals surface area contributed by atoms with Crippen molar-refractivity contribution in [3.05, 3.63) is 58.3 Å². The average molecular weight is 288 g/mol. The number of pyridine rings is 1. The second-order valence-corrected chi connectivity index (χ2v) is 4.47. The number of nitriles is 1. The standard InChI is InChI=1S/C13H10BrN3/c14-12-5-13(9-16-8-12)17-7-11-3-1-2-10(4-11)6-15/h1-5,8-9,17H,7H2. The van der Waals surface area contributed by atoms with Crippen LogP contribution in [0.3, 0.4) is 0 Å². The fraction of sp³-hybridized carbons (Fsp3) is 0.0769. The first-order valence-corrected chi connectivity index (χ1v) is 5.91. The first-order valence-electron chi connectivity index (χ1n) is 5.11. The van der Waals surface area contributed by atoms with Crippen LogP contribution in [-0.4, -0.2) is 4.98 Å². The van der Waals surface area contributed by atoms with Crippen LogP contribution in [0.5, 0.6) is 0 Å². The number of hydrogen-bond donors (Lipinski definition) is 1. The van der Waals surface area contributed by atoms with E-state index in [1.165, 1.54) is 0 Å². The maximum atomic E-state index is 8.80. The summed E-state index contributed by atoms with van der Waals surface area (Å²) in [6, 6.07) is 11.6. The number of nitrogens with one attached hydrogen (secondary N) is 1. The first-order chi connectivity index (χ1) is 8.28. The fourth-order valence-electron chi connectivity index (χ4n) is 1.46. The zero-order chi connectivity index (χ0) is 12.1. The van der Waals surface area contributed by atoms with E-state index in [-0.39, 0.29) is 0 Å². The third kappa shape index (κ3) is 3.30. The normalized spacial score (nSPS) is 9.65.